The second-order valence-electron chi connectivity index (χ2n) is 5.72. The molecule has 0 aliphatic carbocycles. The van der Waals surface area contributed by atoms with Gasteiger partial charge in [0.05, 0.1) is 0 Å². The number of fused-ring (bicyclic) bond motifs is 3. The molecule has 4 rings (SSSR count). The number of hydrogen-bond donors (Lipinski definition) is 1. The number of Topliss-reactive ketones (excluding diaryl/α,β-unsaturated/α-hetero) is 1. The summed E-state index contributed by atoms with van der Waals surface area (Å²) in [5, 5.41) is 11.0. The molecule has 2 heterocycles. The Labute approximate surface area is 154 Å². The number of thioether (sulfide) groups is 1. The SMILES string of the molecule is O=C(Cn1c2[n+](c3ccccc31)CC(O)CS2)c1ccccc1.[Br-]. The molecule has 2 aromatic carbocycles. The maximum Gasteiger partial charge on any atom is 0.319 e. The van der Waals surface area contributed by atoms with E-state index in [1.165, 1.54) is 0 Å². The van der Waals surface area contributed by atoms with E-state index in [1.54, 1.807) is 11.8 Å². The van der Waals surface area contributed by atoms with Crippen LogP contribution in [0, 0.1) is 0 Å². The fourth-order valence-electron chi connectivity index (χ4n) is 3.05. The summed E-state index contributed by atoms with van der Waals surface area (Å²) in [4.78, 5) is 12.6. The Morgan fingerprint density at radius 3 is 2.67 bits per heavy atom. The number of aliphatic hydroxyl groups excluding tert-OH is 1. The van der Waals surface area contributed by atoms with E-state index in [1.807, 2.05) is 54.6 Å². The summed E-state index contributed by atoms with van der Waals surface area (Å²) in [5.74, 6) is 0.761. The molecule has 6 heteroatoms. The first kappa shape index (κ1) is 17.2. The van der Waals surface area contributed by atoms with E-state index in [2.05, 4.69) is 9.13 Å². The topological polar surface area (TPSA) is 46.1 Å². The number of carbonyl (C=O) groups excluding carboxylic acids is 1. The van der Waals surface area contributed by atoms with Crippen molar-refractivity contribution in [2.45, 2.75) is 24.3 Å². The van der Waals surface area contributed by atoms with E-state index in [0.29, 0.717) is 18.8 Å². The van der Waals surface area contributed by atoms with Crippen molar-refractivity contribution < 1.29 is 31.4 Å². The summed E-state index contributed by atoms with van der Waals surface area (Å²) in [6.45, 7) is 0.894. The Morgan fingerprint density at radius 1 is 1.17 bits per heavy atom. The van der Waals surface area contributed by atoms with Crippen LogP contribution in [0.15, 0.2) is 59.8 Å². The van der Waals surface area contributed by atoms with Crippen LogP contribution in [0.5, 0.6) is 0 Å². The Kier molecular flexibility index (Phi) is 5.08. The molecule has 4 nitrogen and oxygen atoms in total. The fourth-order valence-corrected chi connectivity index (χ4v) is 4.14. The Balaban J connectivity index is 0.00000169. The number of rotatable bonds is 3. The molecule has 1 unspecified atom stereocenters. The first-order valence-electron chi connectivity index (χ1n) is 7.64. The zero-order chi connectivity index (χ0) is 15.8. The van der Waals surface area contributed by atoms with Crippen molar-refractivity contribution >= 4 is 28.6 Å². The molecular formula is C18H17BrN2O2S. The summed E-state index contributed by atoms with van der Waals surface area (Å²) in [6.07, 6.45) is -0.346. The van der Waals surface area contributed by atoms with Crippen LogP contribution in [-0.4, -0.2) is 27.3 Å². The molecule has 1 aliphatic heterocycles. The molecule has 1 atom stereocenters. The molecule has 0 saturated carbocycles. The predicted molar refractivity (Wildman–Crippen MR) is 89.6 cm³/mol. The number of carbonyl (C=O) groups is 1. The van der Waals surface area contributed by atoms with Crippen molar-refractivity contribution in [2.75, 3.05) is 5.75 Å². The van der Waals surface area contributed by atoms with Gasteiger partial charge in [0.2, 0.25) is 5.78 Å². The largest absolute Gasteiger partial charge is 1.00 e. The lowest BCUT2D eigenvalue weighted by atomic mass is 10.1. The molecule has 124 valence electrons. The van der Waals surface area contributed by atoms with Crippen LogP contribution in [0.3, 0.4) is 0 Å². The zero-order valence-electron chi connectivity index (χ0n) is 12.9. The maximum absolute atomic E-state index is 12.6. The standard InChI is InChI=1S/C18H17N2O2S.BrH/c21-14-10-19-15-8-4-5-9-16(15)20(18(19)23-12-14)11-17(22)13-6-2-1-3-7-13;/h1-9,14,21H,10-12H2;1H/q+1;/p-1. The van der Waals surface area contributed by atoms with Crippen LogP contribution >= 0.6 is 11.8 Å². The van der Waals surface area contributed by atoms with E-state index in [4.69, 9.17) is 0 Å². The molecule has 1 N–H and O–H groups in total. The predicted octanol–water partition coefficient (Wildman–Crippen LogP) is -0.718. The lowest BCUT2D eigenvalue weighted by Crippen LogP contribution is -3.00. The first-order valence-corrected chi connectivity index (χ1v) is 8.63. The number of nitrogens with zero attached hydrogens (tertiary/aromatic N) is 2. The number of aromatic nitrogens is 2. The van der Waals surface area contributed by atoms with Gasteiger partial charge in [-0.2, -0.15) is 0 Å². The van der Waals surface area contributed by atoms with Gasteiger partial charge in [0, 0.05) is 11.3 Å². The number of ketones is 1. The third-order valence-electron chi connectivity index (χ3n) is 4.12. The van der Waals surface area contributed by atoms with Gasteiger partial charge >= 0.3 is 5.16 Å². The molecule has 0 amide bonds. The van der Waals surface area contributed by atoms with Crippen molar-refractivity contribution in [1.29, 1.82) is 0 Å². The minimum Gasteiger partial charge on any atom is -1.00 e. The van der Waals surface area contributed by atoms with Crippen molar-refractivity contribution in [1.82, 2.24) is 4.57 Å². The molecule has 0 radical (unpaired) electrons. The van der Waals surface area contributed by atoms with E-state index in [9.17, 15) is 9.90 Å². The summed E-state index contributed by atoms with van der Waals surface area (Å²) in [7, 11) is 0. The zero-order valence-corrected chi connectivity index (χ0v) is 15.3. The third kappa shape index (κ3) is 3.01. The molecule has 0 bridgehead atoms. The van der Waals surface area contributed by atoms with Gasteiger partial charge < -0.3 is 22.1 Å². The van der Waals surface area contributed by atoms with E-state index >= 15 is 0 Å². The highest BCUT2D eigenvalue weighted by Crippen LogP contribution is 2.26. The molecule has 0 saturated heterocycles. The van der Waals surface area contributed by atoms with Crippen LogP contribution in [0.25, 0.3) is 11.0 Å². The van der Waals surface area contributed by atoms with Gasteiger partial charge in [0.1, 0.15) is 12.6 Å². The molecule has 3 aromatic rings. The number of imidazole rings is 1. The molecule has 24 heavy (non-hydrogen) atoms. The molecule has 1 aliphatic rings. The van der Waals surface area contributed by atoms with Gasteiger partial charge in [-0.25, -0.2) is 9.13 Å². The lowest BCUT2D eigenvalue weighted by molar-refractivity contribution is -0.717. The van der Waals surface area contributed by atoms with Crippen LogP contribution < -0.4 is 21.5 Å². The van der Waals surface area contributed by atoms with Gasteiger partial charge in [0.15, 0.2) is 17.6 Å². The summed E-state index contributed by atoms with van der Waals surface area (Å²) < 4.78 is 4.19. The third-order valence-corrected chi connectivity index (χ3v) is 5.37. The van der Waals surface area contributed by atoms with Crippen molar-refractivity contribution in [3.05, 3.63) is 60.2 Å². The number of halogens is 1. The van der Waals surface area contributed by atoms with Gasteiger partial charge in [-0.05, 0) is 23.9 Å². The summed E-state index contributed by atoms with van der Waals surface area (Å²) in [5.41, 5.74) is 2.83. The molecule has 0 fully saturated rings. The molecule has 0 spiro atoms. The number of benzene rings is 2. The van der Waals surface area contributed by atoms with Crippen LogP contribution in [0.1, 0.15) is 10.4 Å². The van der Waals surface area contributed by atoms with Gasteiger partial charge in [-0.1, -0.05) is 42.5 Å². The smallest absolute Gasteiger partial charge is 0.319 e. The summed E-state index contributed by atoms with van der Waals surface area (Å²) in [6, 6.07) is 17.4. The van der Waals surface area contributed by atoms with Crippen molar-refractivity contribution in [3.8, 4) is 0 Å². The van der Waals surface area contributed by atoms with Gasteiger partial charge in [-0.15, -0.1) is 0 Å². The lowest BCUT2D eigenvalue weighted by Gasteiger charge is -2.14. The maximum atomic E-state index is 12.6. The van der Waals surface area contributed by atoms with Crippen LogP contribution in [-0.2, 0) is 13.1 Å². The number of para-hydroxylation sites is 2. The van der Waals surface area contributed by atoms with Gasteiger partial charge in [0.25, 0.3) is 0 Å². The highest BCUT2D eigenvalue weighted by Gasteiger charge is 2.32. The Bertz CT molecular complexity index is 879. The Hall–Kier alpha value is -1.63. The average molecular weight is 405 g/mol. The van der Waals surface area contributed by atoms with E-state index < -0.39 is 0 Å². The summed E-state index contributed by atoms with van der Waals surface area (Å²) >= 11 is 1.61. The van der Waals surface area contributed by atoms with Crippen molar-refractivity contribution in [3.63, 3.8) is 0 Å². The second kappa shape index (κ2) is 7.09. The second-order valence-corrected chi connectivity index (χ2v) is 6.71. The van der Waals surface area contributed by atoms with Crippen LogP contribution in [0.2, 0.25) is 0 Å². The minimum absolute atomic E-state index is 0. The number of hydrogen-bond acceptors (Lipinski definition) is 3. The quantitative estimate of drug-likeness (QED) is 0.463. The first-order chi connectivity index (χ1) is 11.2. The minimum atomic E-state index is -0.346. The highest BCUT2D eigenvalue weighted by atomic mass is 79.9. The average Bonchev–Trinajstić information content (AvgIpc) is 2.89. The highest BCUT2D eigenvalue weighted by molar-refractivity contribution is 7.99. The Morgan fingerprint density at radius 2 is 1.88 bits per heavy atom. The van der Waals surface area contributed by atoms with Gasteiger partial charge in [-0.3, -0.25) is 4.79 Å². The molecular weight excluding hydrogens is 388 g/mol. The fraction of sp³-hybridized carbons (Fsp3) is 0.222. The van der Waals surface area contributed by atoms with E-state index in [0.717, 1.165) is 21.8 Å². The number of aliphatic hydroxyl groups is 1. The van der Waals surface area contributed by atoms with E-state index in [-0.39, 0.29) is 28.9 Å². The molecule has 1 aromatic heterocycles. The van der Waals surface area contributed by atoms with Crippen LogP contribution in [0.4, 0.5) is 0 Å². The monoisotopic (exact) mass is 404 g/mol. The van der Waals surface area contributed by atoms with Crippen molar-refractivity contribution in [2.24, 2.45) is 0 Å². The normalized spacial score (nSPS) is 16.5.